The summed E-state index contributed by atoms with van der Waals surface area (Å²) in [6.45, 7) is 2.05. The first-order valence-electron chi connectivity index (χ1n) is 8.52. The van der Waals surface area contributed by atoms with Gasteiger partial charge in [0.25, 0.3) is 0 Å². The molecule has 0 fully saturated rings. The molecule has 0 bridgehead atoms. The van der Waals surface area contributed by atoms with Gasteiger partial charge in [-0.2, -0.15) is 0 Å². The van der Waals surface area contributed by atoms with Crippen LogP contribution in [0, 0.1) is 11.8 Å². The molecular weight excluding hydrogens is 322 g/mol. The van der Waals surface area contributed by atoms with Crippen LogP contribution in [-0.2, 0) is 6.42 Å². The van der Waals surface area contributed by atoms with Gasteiger partial charge in [0.05, 0.1) is 11.2 Å². The number of benzene rings is 1. The van der Waals surface area contributed by atoms with Gasteiger partial charge >= 0.3 is 5.69 Å². The van der Waals surface area contributed by atoms with E-state index in [2.05, 4.69) is 23.7 Å². The maximum absolute atomic E-state index is 13.3. The summed E-state index contributed by atoms with van der Waals surface area (Å²) in [7, 11) is 0. The van der Waals surface area contributed by atoms with Crippen molar-refractivity contribution >= 4 is 5.52 Å². The number of pyridine rings is 1. The lowest BCUT2D eigenvalue weighted by Gasteiger charge is -2.13. The van der Waals surface area contributed by atoms with Crippen molar-refractivity contribution in [3.63, 3.8) is 0 Å². The van der Waals surface area contributed by atoms with Crippen LogP contribution in [-0.4, -0.2) is 14.0 Å². The standard InChI is InChI=1S/C22H17N3O/c1-2-18-16-21-11-10-20(9-8-17-12-14-23-15-13-17)25(21)22(26)24(18)19-6-4-3-5-7-19/h3-7,10-16H,2H2,1H3. The Morgan fingerprint density at radius 2 is 1.73 bits per heavy atom. The van der Waals surface area contributed by atoms with Gasteiger partial charge in [0.1, 0.15) is 5.69 Å². The highest BCUT2D eigenvalue weighted by Crippen LogP contribution is 2.14. The minimum atomic E-state index is -0.102. The average molecular weight is 339 g/mol. The third-order valence-corrected chi connectivity index (χ3v) is 4.29. The van der Waals surface area contributed by atoms with E-state index in [0.717, 1.165) is 28.9 Å². The molecule has 3 aromatic heterocycles. The lowest BCUT2D eigenvalue weighted by Crippen LogP contribution is -2.28. The topological polar surface area (TPSA) is 39.3 Å². The number of hydrogen-bond acceptors (Lipinski definition) is 2. The smallest absolute Gasteiger partial charge is 0.266 e. The van der Waals surface area contributed by atoms with Crippen LogP contribution in [0.1, 0.15) is 23.9 Å². The minimum absolute atomic E-state index is 0.102. The van der Waals surface area contributed by atoms with Gasteiger partial charge in [-0.25, -0.2) is 4.79 Å². The molecule has 4 heteroatoms. The molecule has 4 aromatic rings. The second-order valence-electron chi connectivity index (χ2n) is 5.91. The number of aromatic nitrogens is 3. The van der Waals surface area contributed by atoms with Gasteiger partial charge in [-0.3, -0.25) is 14.0 Å². The fourth-order valence-corrected chi connectivity index (χ4v) is 3.02. The summed E-state index contributed by atoms with van der Waals surface area (Å²) >= 11 is 0. The van der Waals surface area contributed by atoms with Crippen molar-refractivity contribution in [3.8, 4) is 17.5 Å². The molecule has 0 amide bonds. The van der Waals surface area contributed by atoms with E-state index in [4.69, 9.17) is 0 Å². The molecule has 4 nitrogen and oxygen atoms in total. The first-order valence-corrected chi connectivity index (χ1v) is 8.52. The third-order valence-electron chi connectivity index (χ3n) is 4.29. The zero-order chi connectivity index (χ0) is 17.9. The van der Waals surface area contributed by atoms with Gasteiger partial charge < -0.3 is 0 Å². The lowest BCUT2D eigenvalue weighted by atomic mass is 10.2. The molecule has 0 saturated carbocycles. The van der Waals surface area contributed by atoms with E-state index < -0.39 is 0 Å². The van der Waals surface area contributed by atoms with Gasteiger partial charge in [-0.1, -0.05) is 31.0 Å². The predicted molar refractivity (Wildman–Crippen MR) is 103 cm³/mol. The van der Waals surface area contributed by atoms with Crippen molar-refractivity contribution < 1.29 is 0 Å². The highest BCUT2D eigenvalue weighted by atomic mass is 16.1. The van der Waals surface area contributed by atoms with E-state index in [1.807, 2.05) is 60.7 Å². The number of hydrogen-bond donors (Lipinski definition) is 0. The summed E-state index contributed by atoms with van der Waals surface area (Å²) in [6.07, 6.45) is 4.18. The number of aryl methyl sites for hydroxylation is 1. The van der Waals surface area contributed by atoms with Crippen molar-refractivity contribution in [2.24, 2.45) is 0 Å². The number of nitrogens with zero attached hydrogens (tertiary/aromatic N) is 3. The second-order valence-corrected chi connectivity index (χ2v) is 5.91. The van der Waals surface area contributed by atoms with Crippen LogP contribution in [0.2, 0.25) is 0 Å². The Balaban J connectivity index is 1.93. The molecule has 0 spiro atoms. The molecule has 126 valence electrons. The Kier molecular flexibility index (Phi) is 4.12. The largest absolute Gasteiger partial charge is 0.338 e. The Bertz CT molecular complexity index is 1180. The molecule has 0 aliphatic carbocycles. The Hall–Kier alpha value is -3.58. The fourth-order valence-electron chi connectivity index (χ4n) is 3.02. The van der Waals surface area contributed by atoms with Gasteiger partial charge in [-0.15, -0.1) is 0 Å². The summed E-state index contributed by atoms with van der Waals surface area (Å²) < 4.78 is 3.42. The molecule has 3 heterocycles. The van der Waals surface area contributed by atoms with Gasteiger partial charge in [0.2, 0.25) is 0 Å². The molecule has 0 unspecified atom stereocenters. The van der Waals surface area contributed by atoms with Crippen LogP contribution < -0.4 is 5.69 Å². The van der Waals surface area contributed by atoms with Gasteiger partial charge in [-0.05, 0) is 54.8 Å². The number of rotatable bonds is 2. The van der Waals surface area contributed by atoms with E-state index in [1.165, 1.54) is 0 Å². The maximum atomic E-state index is 13.3. The molecule has 0 atom stereocenters. The molecule has 0 aliphatic rings. The van der Waals surface area contributed by atoms with Crippen LogP contribution in [0.4, 0.5) is 0 Å². The molecule has 0 radical (unpaired) electrons. The minimum Gasteiger partial charge on any atom is -0.266 e. The predicted octanol–water partition coefficient (Wildman–Crippen LogP) is 3.45. The van der Waals surface area contributed by atoms with Crippen LogP contribution >= 0.6 is 0 Å². The molecule has 4 rings (SSSR count). The summed E-state index contributed by atoms with van der Waals surface area (Å²) in [5.41, 5.74) is 4.13. The van der Waals surface area contributed by atoms with E-state index in [1.54, 1.807) is 21.4 Å². The van der Waals surface area contributed by atoms with Crippen molar-refractivity contribution in [1.82, 2.24) is 14.0 Å². The molecule has 0 aliphatic heterocycles. The fraction of sp³-hybridized carbons (Fsp3) is 0.0909. The molecule has 0 saturated heterocycles. The molecular formula is C22H17N3O. The van der Waals surface area contributed by atoms with Crippen molar-refractivity contribution in [1.29, 1.82) is 0 Å². The van der Waals surface area contributed by atoms with Crippen LogP contribution in [0.5, 0.6) is 0 Å². The van der Waals surface area contributed by atoms with Crippen LogP contribution in [0.3, 0.4) is 0 Å². The van der Waals surface area contributed by atoms with Crippen molar-refractivity contribution in [2.75, 3.05) is 0 Å². The van der Waals surface area contributed by atoms with Crippen LogP contribution in [0.25, 0.3) is 11.2 Å². The second kappa shape index (κ2) is 6.73. The van der Waals surface area contributed by atoms with Crippen LogP contribution in [0.15, 0.2) is 77.9 Å². The Morgan fingerprint density at radius 3 is 2.46 bits per heavy atom. The maximum Gasteiger partial charge on any atom is 0.338 e. The zero-order valence-corrected chi connectivity index (χ0v) is 14.4. The Morgan fingerprint density at radius 1 is 0.962 bits per heavy atom. The summed E-state index contributed by atoms with van der Waals surface area (Å²) in [4.78, 5) is 17.2. The van der Waals surface area contributed by atoms with Crippen molar-refractivity contribution in [3.05, 3.63) is 100 Å². The lowest BCUT2D eigenvalue weighted by molar-refractivity contribution is 0.811. The first kappa shape index (κ1) is 15.9. The molecule has 0 N–H and O–H groups in total. The van der Waals surface area contributed by atoms with E-state index in [-0.39, 0.29) is 5.69 Å². The Labute approximate surface area is 151 Å². The molecule has 26 heavy (non-hydrogen) atoms. The highest BCUT2D eigenvalue weighted by Gasteiger charge is 2.12. The highest BCUT2D eigenvalue weighted by molar-refractivity contribution is 5.55. The monoisotopic (exact) mass is 339 g/mol. The first-order chi connectivity index (χ1) is 12.8. The van der Waals surface area contributed by atoms with E-state index >= 15 is 0 Å². The van der Waals surface area contributed by atoms with Gasteiger partial charge in [0, 0.05) is 23.7 Å². The summed E-state index contributed by atoms with van der Waals surface area (Å²) in [6, 6.07) is 19.3. The van der Waals surface area contributed by atoms with E-state index in [9.17, 15) is 4.79 Å². The van der Waals surface area contributed by atoms with Gasteiger partial charge in [0.15, 0.2) is 0 Å². The summed E-state index contributed by atoms with van der Waals surface area (Å²) in [5.74, 6) is 6.21. The van der Waals surface area contributed by atoms with E-state index in [0.29, 0.717) is 5.69 Å². The molecule has 1 aromatic carbocycles. The average Bonchev–Trinajstić information content (AvgIpc) is 3.11. The quantitative estimate of drug-likeness (QED) is 0.525. The zero-order valence-electron chi connectivity index (χ0n) is 14.4. The number of para-hydroxylation sites is 1. The normalized spacial score (nSPS) is 10.5. The summed E-state index contributed by atoms with van der Waals surface area (Å²) in [5, 5.41) is 0. The SMILES string of the molecule is CCc1cc2ccc(C#Cc3ccncc3)n2c(=O)n1-c1ccccc1. The van der Waals surface area contributed by atoms with Crippen molar-refractivity contribution in [2.45, 2.75) is 13.3 Å². The third kappa shape index (κ3) is 2.80. The number of fused-ring (bicyclic) bond motifs is 1.